The highest BCUT2D eigenvalue weighted by molar-refractivity contribution is 6.35. The summed E-state index contributed by atoms with van der Waals surface area (Å²) < 4.78 is 7.12. The molecule has 2 heterocycles. The van der Waals surface area contributed by atoms with Crippen LogP contribution in [0, 0.1) is 6.92 Å². The minimum absolute atomic E-state index is 0.0703. The van der Waals surface area contributed by atoms with Gasteiger partial charge in [0.15, 0.2) is 5.69 Å². The van der Waals surface area contributed by atoms with Gasteiger partial charge in [0.25, 0.3) is 5.91 Å². The number of nitrogens with two attached hydrogens (primary N) is 1. The van der Waals surface area contributed by atoms with E-state index in [0.29, 0.717) is 45.2 Å². The quantitative estimate of drug-likeness (QED) is 0.286. The van der Waals surface area contributed by atoms with Crippen LogP contribution in [0.5, 0.6) is 0 Å². The monoisotopic (exact) mass is 561 g/mol. The van der Waals surface area contributed by atoms with Gasteiger partial charge in [0.05, 0.1) is 28.7 Å². The van der Waals surface area contributed by atoms with Crippen molar-refractivity contribution in [3.63, 3.8) is 0 Å². The number of benzene rings is 2. The molecule has 2 amide bonds. The van der Waals surface area contributed by atoms with E-state index in [4.69, 9.17) is 45.3 Å². The largest absolute Gasteiger partial charge is 0.499 e. The third-order valence-electron chi connectivity index (χ3n) is 6.08. The van der Waals surface area contributed by atoms with E-state index in [1.807, 2.05) is 24.1 Å². The number of carbonyl (C=O) groups excluding carboxylic acids is 2. The zero-order valence-electron chi connectivity index (χ0n) is 20.1. The topological polar surface area (TPSA) is 102 Å². The van der Waals surface area contributed by atoms with Gasteiger partial charge in [-0.3, -0.25) is 15.0 Å². The number of piperidine rings is 1. The van der Waals surface area contributed by atoms with Crippen LogP contribution in [0.15, 0.2) is 54.8 Å². The van der Waals surface area contributed by atoms with Crippen LogP contribution in [-0.2, 0) is 9.53 Å². The predicted molar refractivity (Wildman–Crippen MR) is 145 cm³/mol. The molecule has 11 heteroatoms. The van der Waals surface area contributed by atoms with Gasteiger partial charge in [-0.15, -0.1) is 0 Å². The molecular formula is C26H26Cl3N5O3. The van der Waals surface area contributed by atoms with Crippen molar-refractivity contribution in [2.45, 2.75) is 32.2 Å². The molecule has 1 fully saturated rings. The summed E-state index contributed by atoms with van der Waals surface area (Å²) in [5.74, 6) is -0.937. The number of ether oxygens (including phenoxy) is 1. The van der Waals surface area contributed by atoms with E-state index in [0.717, 1.165) is 30.9 Å². The van der Waals surface area contributed by atoms with Crippen LogP contribution in [0.2, 0.25) is 15.1 Å². The summed E-state index contributed by atoms with van der Waals surface area (Å²) >= 11 is 18.7. The highest BCUT2D eigenvalue weighted by atomic mass is 35.5. The Bertz CT molecular complexity index is 1320. The maximum absolute atomic E-state index is 13.5. The molecule has 0 radical (unpaired) electrons. The normalized spacial score (nSPS) is 16.2. The predicted octanol–water partition coefficient (Wildman–Crippen LogP) is 5.32. The van der Waals surface area contributed by atoms with Crippen molar-refractivity contribution in [1.82, 2.24) is 20.2 Å². The van der Waals surface area contributed by atoms with E-state index < -0.39 is 5.91 Å². The summed E-state index contributed by atoms with van der Waals surface area (Å²) in [7, 11) is 0. The van der Waals surface area contributed by atoms with Crippen LogP contribution in [0.4, 0.5) is 0 Å². The number of rotatable bonds is 8. The first kappa shape index (κ1) is 27.0. The second-order valence-electron chi connectivity index (χ2n) is 8.66. The fourth-order valence-corrected chi connectivity index (χ4v) is 4.89. The van der Waals surface area contributed by atoms with Gasteiger partial charge in [0, 0.05) is 33.8 Å². The standard InChI is InChI=1S/C26H26Cl3N5O3/c1-16-24(26(36)32-33-12-3-2-4-20(33)15-37-13-11-23(30)35)31-34(22-10-9-19(28)14-21(22)29)25(16)17-5-7-18(27)8-6-17/h5-11,13-14,20H,2-4,12,15H2,1H3,(H2,30,35)(H,32,36)/b13-11-. The lowest BCUT2D eigenvalue weighted by Crippen LogP contribution is -2.52. The van der Waals surface area contributed by atoms with Crippen LogP contribution in [0.3, 0.4) is 0 Å². The van der Waals surface area contributed by atoms with Crippen molar-refractivity contribution in [1.29, 1.82) is 0 Å². The zero-order chi connectivity index (χ0) is 26.5. The van der Waals surface area contributed by atoms with Gasteiger partial charge in [-0.2, -0.15) is 5.10 Å². The first-order chi connectivity index (χ1) is 17.7. The molecule has 1 aromatic heterocycles. The van der Waals surface area contributed by atoms with E-state index in [2.05, 4.69) is 10.5 Å². The number of hydrogen-bond acceptors (Lipinski definition) is 5. The number of primary amides is 1. The Morgan fingerprint density at radius 3 is 2.57 bits per heavy atom. The van der Waals surface area contributed by atoms with Crippen molar-refractivity contribution in [2.75, 3.05) is 13.2 Å². The average Bonchev–Trinajstić information content (AvgIpc) is 3.20. The number of carbonyl (C=O) groups is 2. The molecule has 1 aliphatic heterocycles. The fraction of sp³-hybridized carbons (Fsp3) is 0.269. The average molecular weight is 563 g/mol. The number of hydrazine groups is 1. The first-order valence-corrected chi connectivity index (χ1v) is 12.8. The Kier molecular flexibility index (Phi) is 8.76. The third kappa shape index (κ3) is 6.45. The lowest BCUT2D eigenvalue weighted by atomic mass is 10.0. The summed E-state index contributed by atoms with van der Waals surface area (Å²) in [6, 6.07) is 12.3. The van der Waals surface area contributed by atoms with Gasteiger partial charge in [0.1, 0.15) is 6.61 Å². The lowest BCUT2D eigenvalue weighted by molar-refractivity contribution is -0.113. The molecule has 0 saturated carbocycles. The number of aromatic nitrogens is 2. The summed E-state index contributed by atoms with van der Waals surface area (Å²) in [6.45, 7) is 2.80. The van der Waals surface area contributed by atoms with Crippen LogP contribution < -0.4 is 11.2 Å². The molecular weight excluding hydrogens is 537 g/mol. The number of nitrogens with one attached hydrogen (secondary N) is 1. The highest BCUT2D eigenvalue weighted by Gasteiger charge is 2.28. The fourth-order valence-electron chi connectivity index (χ4n) is 4.27. The van der Waals surface area contributed by atoms with Gasteiger partial charge in [0.2, 0.25) is 5.91 Å². The molecule has 8 nitrogen and oxygen atoms in total. The molecule has 3 N–H and O–H groups in total. The zero-order valence-corrected chi connectivity index (χ0v) is 22.4. The number of amides is 2. The van der Waals surface area contributed by atoms with Gasteiger partial charge in [-0.05, 0) is 50.1 Å². The third-order valence-corrected chi connectivity index (χ3v) is 6.87. The summed E-state index contributed by atoms with van der Waals surface area (Å²) in [4.78, 5) is 24.4. The molecule has 0 aliphatic carbocycles. The smallest absolute Gasteiger partial charge is 0.286 e. The summed E-state index contributed by atoms with van der Waals surface area (Å²) in [6.07, 6.45) is 5.19. The van der Waals surface area contributed by atoms with Gasteiger partial charge in [-0.25, -0.2) is 9.69 Å². The van der Waals surface area contributed by atoms with E-state index in [1.54, 1.807) is 35.0 Å². The molecule has 3 aromatic rings. The number of halogens is 3. The second-order valence-corrected chi connectivity index (χ2v) is 9.94. The Balaban J connectivity index is 1.65. The molecule has 1 atom stereocenters. The first-order valence-electron chi connectivity index (χ1n) is 11.7. The van der Waals surface area contributed by atoms with E-state index in [9.17, 15) is 9.59 Å². The van der Waals surface area contributed by atoms with Crippen molar-refractivity contribution in [2.24, 2.45) is 5.73 Å². The summed E-state index contributed by atoms with van der Waals surface area (Å²) in [5, 5.41) is 8.03. The molecule has 0 spiro atoms. The van der Waals surface area contributed by atoms with Crippen molar-refractivity contribution in [3.05, 3.63) is 81.1 Å². The maximum Gasteiger partial charge on any atom is 0.286 e. The Hall–Kier alpha value is -3.04. The minimum atomic E-state index is -0.586. The van der Waals surface area contributed by atoms with Gasteiger partial charge < -0.3 is 10.5 Å². The molecule has 194 valence electrons. The molecule has 1 aliphatic rings. The second kappa shape index (κ2) is 12.0. The Morgan fingerprint density at radius 2 is 1.86 bits per heavy atom. The van der Waals surface area contributed by atoms with E-state index in [-0.39, 0.29) is 17.6 Å². The Labute approximate surface area is 229 Å². The van der Waals surface area contributed by atoms with Crippen LogP contribution in [0.25, 0.3) is 16.9 Å². The molecule has 2 aromatic carbocycles. The van der Waals surface area contributed by atoms with Crippen molar-refractivity contribution < 1.29 is 14.3 Å². The Morgan fingerprint density at radius 1 is 1.14 bits per heavy atom. The molecule has 1 saturated heterocycles. The van der Waals surface area contributed by atoms with Gasteiger partial charge >= 0.3 is 0 Å². The molecule has 4 rings (SSSR count). The molecule has 0 bridgehead atoms. The van der Waals surface area contributed by atoms with Crippen molar-refractivity contribution >= 4 is 46.6 Å². The SMILES string of the molecule is Cc1c(C(=O)NN2CCCCC2CO/C=C\C(N)=O)nn(-c2ccc(Cl)cc2Cl)c1-c1ccc(Cl)cc1. The highest BCUT2D eigenvalue weighted by Crippen LogP contribution is 2.33. The molecule has 37 heavy (non-hydrogen) atoms. The minimum Gasteiger partial charge on any atom is -0.499 e. The maximum atomic E-state index is 13.5. The molecule has 1 unspecified atom stereocenters. The van der Waals surface area contributed by atoms with Crippen LogP contribution in [0.1, 0.15) is 35.3 Å². The van der Waals surface area contributed by atoms with E-state index >= 15 is 0 Å². The summed E-state index contributed by atoms with van der Waals surface area (Å²) in [5.41, 5.74) is 11.2. The lowest BCUT2D eigenvalue weighted by Gasteiger charge is -2.34. The number of hydrogen-bond donors (Lipinski definition) is 2. The van der Waals surface area contributed by atoms with Gasteiger partial charge in [-0.1, -0.05) is 53.4 Å². The van der Waals surface area contributed by atoms with Crippen molar-refractivity contribution in [3.8, 4) is 16.9 Å². The number of nitrogens with zero attached hydrogens (tertiary/aromatic N) is 3. The van der Waals surface area contributed by atoms with Crippen LogP contribution in [-0.4, -0.2) is 45.8 Å². The van der Waals surface area contributed by atoms with E-state index in [1.165, 1.54) is 6.26 Å². The van der Waals surface area contributed by atoms with Crippen LogP contribution >= 0.6 is 34.8 Å².